The predicted octanol–water partition coefficient (Wildman–Crippen LogP) is 3.24. The highest BCUT2D eigenvalue weighted by Gasteiger charge is 2.17. The van der Waals surface area contributed by atoms with Gasteiger partial charge in [-0.3, -0.25) is 0 Å². The van der Waals surface area contributed by atoms with E-state index in [0.29, 0.717) is 19.3 Å². The molecule has 0 aromatic heterocycles. The van der Waals surface area contributed by atoms with Gasteiger partial charge in [0.25, 0.3) is 0 Å². The molecule has 0 radical (unpaired) electrons. The lowest BCUT2D eigenvalue weighted by molar-refractivity contribution is 0.101. The van der Waals surface area contributed by atoms with Gasteiger partial charge in [0.15, 0.2) is 0 Å². The first kappa shape index (κ1) is 13.2. The molecule has 3 heteroatoms. The maximum Gasteiger partial charge on any atom is 0.142 e. The number of anilines is 1. The fourth-order valence-electron chi connectivity index (χ4n) is 2.22. The molecule has 1 atom stereocenters. The molecule has 100 valence electrons. The molecule has 0 spiro atoms. The highest BCUT2D eigenvalue weighted by atomic mass is 16.5. The zero-order valence-electron chi connectivity index (χ0n) is 11.4. The molecule has 0 amide bonds. The average molecular weight is 249 g/mol. The molecule has 1 heterocycles. The topological polar surface area (TPSA) is 30.5 Å². The van der Waals surface area contributed by atoms with Crippen LogP contribution >= 0.6 is 0 Å². The Morgan fingerprint density at radius 2 is 2.17 bits per heavy atom. The molecule has 1 unspecified atom stereocenters. The molecule has 0 saturated carbocycles. The number of fused-ring (bicyclic) bond motifs is 1. The SMILES string of the molecule is CCCOCCOc1cccc2c1NC(C)CC2. The molecular weight excluding hydrogens is 226 g/mol. The van der Waals surface area contributed by atoms with Crippen molar-refractivity contribution in [2.45, 2.75) is 39.2 Å². The van der Waals surface area contributed by atoms with Crippen LogP contribution in [0.15, 0.2) is 18.2 Å². The van der Waals surface area contributed by atoms with E-state index in [1.165, 1.54) is 17.7 Å². The van der Waals surface area contributed by atoms with Crippen molar-refractivity contribution in [3.8, 4) is 5.75 Å². The van der Waals surface area contributed by atoms with Crippen LogP contribution in [0.25, 0.3) is 0 Å². The van der Waals surface area contributed by atoms with Gasteiger partial charge < -0.3 is 14.8 Å². The number of nitrogens with one attached hydrogen (secondary N) is 1. The van der Waals surface area contributed by atoms with Gasteiger partial charge in [0.05, 0.1) is 12.3 Å². The first-order valence-corrected chi connectivity index (χ1v) is 6.90. The van der Waals surface area contributed by atoms with Crippen molar-refractivity contribution in [1.29, 1.82) is 0 Å². The van der Waals surface area contributed by atoms with Crippen molar-refractivity contribution >= 4 is 5.69 Å². The van der Waals surface area contributed by atoms with E-state index in [1.807, 2.05) is 6.07 Å². The standard InChI is InChI=1S/C15H23NO2/c1-3-9-17-10-11-18-14-6-4-5-13-8-7-12(2)16-15(13)14/h4-6,12,16H,3,7-11H2,1-2H3. The number of rotatable bonds is 6. The summed E-state index contributed by atoms with van der Waals surface area (Å²) in [6, 6.07) is 6.80. The molecule has 1 aromatic carbocycles. The summed E-state index contributed by atoms with van der Waals surface area (Å²) in [7, 11) is 0. The summed E-state index contributed by atoms with van der Waals surface area (Å²) in [5.74, 6) is 0.958. The van der Waals surface area contributed by atoms with Crippen LogP contribution in [-0.4, -0.2) is 25.9 Å². The summed E-state index contributed by atoms with van der Waals surface area (Å²) in [6.07, 6.45) is 3.38. The fourth-order valence-corrected chi connectivity index (χ4v) is 2.22. The number of benzene rings is 1. The van der Waals surface area contributed by atoms with Crippen molar-refractivity contribution in [3.63, 3.8) is 0 Å². The Morgan fingerprint density at radius 1 is 1.28 bits per heavy atom. The quantitative estimate of drug-likeness (QED) is 0.785. The van der Waals surface area contributed by atoms with Crippen LogP contribution < -0.4 is 10.1 Å². The van der Waals surface area contributed by atoms with E-state index in [4.69, 9.17) is 9.47 Å². The van der Waals surface area contributed by atoms with E-state index in [9.17, 15) is 0 Å². The second-order valence-corrected chi connectivity index (χ2v) is 4.84. The van der Waals surface area contributed by atoms with Gasteiger partial charge in [0, 0.05) is 12.6 Å². The fraction of sp³-hybridized carbons (Fsp3) is 0.600. The zero-order valence-corrected chi connectivity index (χ0v) is 11.4. The van der Waals surface area contributed by atoms with Gasteiger partial charge in [-0.15, -0.1) is 0 Å². The Balaban J connectivity index is 1.92. The van der Waals surface area contributed by atoms with Crippen molar-refractivity contribution in [1.82, 2.24) is 0 Å². The van der Waals surface area contributed by atoms with Gasteiger partial charge in [-0.05, 0) is 37.8 Å². The normalized spacial score (nSPS) is 18.0. The summed E-state index contributed by atoms with van der Waals surface area (Å²) >= 11 is 0. The summed E-state index contributed by atoms with van der Waals surface area (Å²) in [4.78, 5) is 0. The van der Waals surface area contributed by atoms with Crippen LogP contribution in [0.4, 0.5) is 5.69 Å². The third-order valence-corrected chi connectivity index (χ3v) is 3.18. The number of aryl methyl sites for hydroxylation is 1. The van der Waals surface area contributed by atoms with Crippen LogP contribution in [0.3, 0.4) is 0 Å². The van der Waals surface area contributed by atoms with Crippen molar-refractivity contribution < 1.29 is 9.47 Å². The number of ether oxygens (including phenoxy) is 2. The monoisotopic (exact) mass is 249 g/mol. The Labute approximate surface area is 109 Å². The van der Waals surface area contributed by atoms with Gasteiger partial charge in [0.2, 0.25) is 0 Å². The van der Waals surface area contributed by atoms with Crippen molar-refractivity contribution in [2.24, 2.45) is 0 Å². The largest absolute Gasteiger partial charge is 0.489 e. The van der Waals surface area contributed by atoms with Gasteiger partial charge in [-0.1, -0.05) is 19.1 Å². The highest BCUT2D eigenvalue weighted by molar-refractivity contribution is 5.63. The van der Waals surface area contributed by atoms with Crippen molar-refractivity contribution in [2.75, 3.05) is 25.1 Å². The van der Waals surface area contributed by atoms with Crippen LogP contribution in [0.5, 0.6) is 5.75 Å². The average Bonchev–Trinajstić information content (AvgIpc) is 2.39. The predicted molar refractivity (Wildman–Crippen MR) is 74.5 cm³/mol. The minimum Gasteiger partial charge on any atom is -0.489 e. The maximum atomic E-state index is 5.81. The molecule has 2 rings (SSSR count). The first-order valence-electron chi connectivity index (χ1n) is 6.90. The molecular formula is C15H23NO2. The van der Waals surface area contributed by atoms with E-state index in [2.05, 4.69) is 31.3 Å². The molecule has 1 aromatic rings. The Kier molecular flexibility index (Phi) is 4.88. The van der Waals surface area contributed by atoms with Gasteiger partial charge in [-0.25, -0.2) is 0 Å². The van der Waals surface area contributed by atoms with Crippen LogP contribution in [0, 0.1) is 0 Å². The number of para-hydroxylation sites is 1. The third-order valence-electron chi connectivity index (χ3n) is 3.18. The Morgan fingerprint density at radius 3 is 3.00 bits per heavy atom. The van der Waals surface area contributed by atoms with E-state index >= 15 is 0 Å². The van der Waals surface area contributed by atoms with E-state index in [-0.39, 0.29) is 0 Å². The van der Waals surface area contributed by atoms with Gasteiger partial charge >= 0.3 is 0 Å². The first-order chi connectivity index (χ1) is 8.81. The molecule has 1 aliphatic rings. The Bertz CT molecular complexity index is 379. The van der Waals surface area contributed by atoms with Crippen molar-refractivity contribution in [3.05, 3.63) is 23.8 Å². The number of hydrogen-bond acceptors (Lipinski definition) is 3. The molecule has 0 fully saturated rings. The maximum absolute atomic E-state index is 5.81. The zero-order chi connectivity index (χ0) is 12.8. The highest BCUT2D eigenvalue weighted by Crippen LogP contribution is 2.33. The summed E-state index contributed by atoms with van der Waals surface area (Å²) in [5.41, 5.74) is 2.53. The van der Waals surface area contributed by atoms with Crippen LogP contribution in [0.2, 0.25) is 0 Å². The van der Waals surface area contributed by atoms with Gasteiger partial charge in [0.1, 0.15) is 12.4 Å². The van der Waals surface area contributed by atoms with Crippen LogP contribution in [0.1, 0.15) is 32.3 Å². The smallest absolute Gasteiger partial charge is 0.142 e. The second-order valence-electron chi connectivity index (χ2n) is 4.84. The molecule has 0 aliphatic carbocycles. The summed E-state index contributed by atoms with van der Waals surface area (Å²) in [6.45, 7) is 6.41. The lowest BCUT2D eigenvalue weighted by Crippen LogP contribution is -2.22. The molecule has 18 heavy (non-hydrogen) atoms. The molecule has 3 nitrogen and oxygen atoms in total. The molecule has 1 N–H and O–H groups in total. The lowest BCUT2D eigenvalue weighted by Gasteiger charge is -2.26. The minimum atomic E-state index is 0.526. The number of hydrogen-bond donors (Lipinski definition) is 1. The van der Waals surface area contributed by atoms with E-state index in [1.54, 1.807) is 0 Å². The van der Waals surface area contributed by atoms with Crippen LogP contribution in [-0.2, 0) is 11.2 Å². The second kappa shape index (κ2) is 6.64. The van der Waals surface area contributed by atoms with Gasteiger partial charge in [-0.2, -0.15) is 0 Å². The Hall–Kier alpha value is -1.22. The lowest BCUT2D eigenvalue weighted by atomic mass is 9.98. The summed E-state index contributed by atoms with van der Waals surface area (Å²) < 4.78 is 11.2. The van der Waals surface area contributed by atoms with E-state index < -0.39 is 0 Å². The minimum absolute atomic E-state index is 0.526. The third kappa shape index (κ3) is 3.39. The van der Waals surface area contributed by atoms with E-state index in [0.717, 1.165) is 25.2 Å². The molecule has 0 saturated heterocycles. The summed E-state index contributed by atoms with van der Waals surface area (Å²) in [5, 5.41) is 3.51. The molecule has 1 aliphatic heterocycles. The molecule has 0 bridgehead atoms.